The van der Waals surface area contributed by atoms with Crippen molar-refractivity contribution in [1.29, 1.82) is 0 Å². The number of thiophene rings is 1. The van der Waals surface area contributed by atoms with Gasteiger partial charge in [0.15, 0.2) is 5.96 Å². The third-order valence-electron chi connectivity index (χ3n) is 4.01. The molecule has 0 aliphatic rings. The third-order valence-corrected chi connectivity index (χ3v) is 4.95. The van der Waals surface area contributed by atoms with Gasteiger partial charge in [0.25, 0.3) is 0 Å². The lowest BCUT2D eigenvalue weighted by atomic mass is 10.1. The summed E-state index contributed by atoms with van der Waals surface area (Å²) in [6.07, 6.45) is 3.14. The van der Waals surface area contributed by atoms with E-state index >= 15 is 0 Å². The first-order valence-electron chi connectivity index (χ1n) is 8.87. The first-order valence-corrected chi connectivity index (χ1v) is 9.75. The minimum atomic E-state index is 0.831. The molecule has 2 rings (SSSR count). The number of hydrogen-bond acceptors (Lipinski definition) is 3. The highest BCUT2D eigenvalue weighted by atomic mass is 32.1. The van der Waals surface area contributed by atoms with Crippen molar-refractivity contribution in [2.45, 2.75) is 26.2 Å². The summed E-state index contributed by atoms with van der Waals surface area (Å²) in [5.41, 5.74) is 1.33. The van der Waals surface area contributed by atoms with Crippen LogP contribution in [0.5, 0.6) is 5.75 Å². The Morgan fingerprint density at radius 3 is 2.64 bits per heavy atom. The van der Waals surface area contributed by atoms with Gasteiger partial charge in [-0.05, 0) is 55.3 Å². The molecule has 1 aromatic carbocycles. The first kappa shape index (κ1) is 19.3. The molecule has 0 saturated carbocycles. The Kier molecular flexibility index (Phi) is 8.32. The maximum atomic E-state index is 5.19. The van der Waals surface area contributed by atoms with Crippen LogP contribution < -0.4 is 10.1 Å². The summed E-state index contributed by atoms with van der Waals surface area (Å²) in [5, 5.41) is 5.52. The second-order valence-electron chi connectivity index (χ2n) is 5.94. The molecule has 1 aromatic heterocycles. The molecule has 2 aromatic rings. The lowest BCUT2D eigenvalue weighted by Crippen LogP contribution is -2.40. The summed E-state index contributed by atoms with van der Waals surface area (Å²) in [6.45, 7) is 4.81. The van der Waals surface area contributed by atoms with Crippen molar-refractivity contribution < 1.29 is 4.74 Å². The highest BCUT2D eigenvalue weighted by Gasteiger charge is 2.06. The van der Waals surface area contributed by atoms with Crippen LogP contribution in [-0.4, -0.2) is 44.7 Å². The Bertz CT molecular complexity index is 623. The van der Waals surface area contributed by atoms with E-state index in [0.29, 0.717) is 0 Å². The molecule has 0 radical (unpaired) electrons. The van der Waals surface area contributed by atoms with Crippen LogP contribution in [-0.2, 0) is 12.8 Å². The molecule has 1 heterocycles. The highest BCUT2D eigenvalue weighted by Crippen LogP contribution is 2.12. The molecule has 0 aliphatic heterocycles. The first-order chi connectivity index (χ1) is 12.2. The van der Waals surface area contributed by atoms with Crippen LogP contribution in [0, 0.1) is 0 Å². The van der Waals surface area contributed by atoms with Crippen LogP contribution in [0.1, 0.15) is 23.8 Å². The van der Waals surface area contributed by atoms with Gasteiger partial charge in [-0.3, -0.25) is 4.99 Å². The van der Waals surface area contributed by atoms with E-state index < -0.39 is 0 Å². The van der Waals surface area contributed by atoms with Crippen molar-refractivity contribution in [2.75, 3.05) is 33.8 Å². The van der Waals surface area contributed by atoms with Crippen LogP contribution in [0.2, 0.25) is 0 Å². The maximum absolute atomic E-state index is 5.19. The van der Waals surface area contributed by atoms with E-state index in [1.165, 1.54) is 10.4 Å². The molecular formula is C20H29N3OS. The minimum absolute atomic E-state index is 0.831. The average Bonchev–Trinajstić information content (AvgIpc) is 3.16. The second-order valence-corrected chi connectivity index (χ2v) is 6.97. The molecule has 0 fully saturated rings. The predicted octanol–water partition coefficient (Wildman–Crippen LogP) is 3.83. The van der Waals surface area contributed by atoms with Crippen LogP contribution in [0.4, 0.5) is 0 Å². The fourth-order valence-corrected chi connectivity index (χ4v) is 3.27. The monoisotopic (exact) mass is 359 g/mol. The topological polar surface area (TPSA) is 36.9 Å². The molecule has 0 saturated heterocycles. The molecule has 136 valence electrons. The highest BCUT2D eigenvalue weighted by molar-refractivity contribution is 7.09. The van der Waals surface area contributed by atoms with E-state index in [9.17, 15) is 0 Å². The molecule has 0 atom stereocenters. The zero-order chi connectivity index (χ0) is 17.9. The largest absolute Gasteiger partial charge is 0.497 e. The number of aryl methyl sites for hydroxylation is 1. The molecule has 4 nitrogen and oxygen atoms in total. The number of nitrogens with zero attached hydrogens (tertiary/aromatic N) is 2. The van der Waals surface area contributed by atoms with Gasteiger partial charge in [0.2, 0.25) is 0 Å². The lowest BCUT2D eigenvalue weighted by Gasteiger charge is -2.21. The Morgan fingerprint density at radius 2 is 2.00 bits per heavy atom. The average molecular weight is 360 g/mol. The van der Waals surface area contributed by atoms with Crippen LogP contribution in [0.3, 0.4) is 0 Å². The Hall–Kier alpha value is -2.01. The number of rotatable bonds is 9. The number of aliphatic imine (C=N–C) groups is 1. The van der Waals surface area contributed by atoms with Crippen LogP contribution in [0.15, 0.2) is 46.8 Å². The molecule has 1 N–H and O–H groups in total. The van der Waals surface area contributed by atoms with Gasteiger partial charge < -0.3 is 15.0 Å². The second kappa shape index (κ2) is 10.8. The van der Waals surface area contributed by atoms with E-state index in [1.54, 1.807) is 7.11 Å². The van der Waals surface area contributed by atoms with E-state index in [-0.39, 0.29) is 0 Å². The summed E-state index contributed by atoms with van der Waals surface area (Å²) in [4.78, 5) is 8.41. The number of ether oxygens (including phenoxy) is 1. The molecule has 0 spiro atoms. The van der Waals surface area contributed by atoms with E-state index in [0.717, 1.165) is 50.6 Å². The lowest BCUT2D eigenvalue weighted by molar-refractivity contribution is 0.414. The summed E-state index contributed by atoms with van der Waals surface area (Å²) in [5.74, 6) is 1.90. The van der Waals surface area contributed by atoms with Gasteiger partial charge in [0, 0.05) is 31.6 Å². The molecule has 0 bridgehead atoms. The number of likely N-dealkylation sites (N-methyl/N-ethyl adjacent to an activating group) is 1. The predicted molar refractivity (Wildman–Crippen MR) is 108 cm³/mol. The Balaban J connectivity index is 1.79. The standard InChI is InChI=1S/C20H29N3OS/c1-4-21-20(23(2)15-13-19-8-6-16-25-19)22-14-5-7-17-9-11-18(24-3)12-10-17/h6,8-12,16H,4-5,7,13-15H2,1-3H3,(H,21,22). The van der Waals surface area contributed by atoms with Gasteiger partial charge in [-0.2, -0.15) is 0 Å². The van der Waals surface area contributed by atoms with E-state index in [2.05, 4.69) is 53.8 Å². The number of guanidine groups is 1. The summed E-state index contributed by atoms with van der Waals surface area (Å²) in [6, 6.07) is 12.6. The van der Waals surface area contributed by atoms with Gasteiger partial charge in [-0.1, -0.05) is 18.2 Å². The Labute approximate surface area is 155 Å². The third kappa shape index (κ3) is 6.78. The number of methoxy groups -OCH3 is 1. The number of hydrogen-bond donors (Lipinski definition) is 1. The summed E-state index contributed by atoms with van der Waals surface area (Å²) < 4.78 is 5.19. The zero-order valence-electron chi connectivity index (χ0n) is 15.5. The molecule has 0 unspecified atom stereocenters. The number of nitrogens with one attached hydrogen (secondary N) is 1. The summed E-state index contributed by atoms with van der Waals surface area (Å²) in [7, 11) is 3.81. The summed E-state index contributed by atoms with van der Waals surface area (Å²) >= 11 is 1.82. The van der Waals surface area contributed by atoms with Gasteiger partial charge in [0.05, 0.1) is 7.11 Å². The van der Waals surface area contributed by atoms with Gasteiger partial charge in [-0.25, -0.2) is 0 Å². The molecule has 5 heteroatoms. The van der Waals surface area contributed by atoms with Gasteiger partial charge in [-0.15, -0.1) is 11.3 Å². The molecular weight excluding hydrogens is 330 g/mol. The maximum Gasteiger partial charge on any atom is 0.193 e. The smallest absolute Gasteiger partial charge is 0.193 e. The van der Waals surface area contributed by atoms with Crippen molar-refractivity contribution in [1.82, 2.24) is 10.2 Å². The SMILES string of the molecule is CCNC(=NCCCc1ccc(OC)cc1)N(C)CCc1cccs1. The van der Waals surface area contributed by atoms with E-state index in [1.807, 2.05) is 23.5 Å². The van der Waals surface area contributed by atoms with Crippen molar-refractivity contribution >= 4 is 17.3 Å². The minimum Gasteiger partial charge on any atom is -0.497 e. The molecule has 0 amide bonds. The normalized spacial score (nSPS) is 11.4. The number of benzene rings is 1. The Morgan fingerprint density at radius 1 is 1.20 bits per heavy atom. The van der Waals surface area contributed by atoms with Gasteiger partial charge in [0.1, 0.15) is 5.75 Å². The fourth-order valence-electron chi connectivity index (χ4n) is 2.57. The van der Waals surface area contributed by atoms with Crippen LogP contribution in [0.25, 0.3) is 0 Å². The van der Waals surface area contributed by atoms with Crippen molar-refractivity contribution in [3.05, 3.63) is 52.2 Å². The fraction of sp³-hybridized carbons (Fsp3) is 0.450. The zero-order valence-corrected chi connectivity index (χ0v) is 16.3. The van der Waals surface area contributed by atoms with E-state index in [4.69, 9.17) is 9.73 Å². The van der Waals surface area contributed by atoms with Gasteiger partial charge >= 0.3 is 0 Å². The van der Waals surface area contributed by atoms with Crippen LogP contribution >= 0.6 is 11.3 Å². The van der Waals surface area contributed by atoms with Crippen molar-refractivity contribution in [3.63, 3.8) is 0 Å². The quantitative estimate of drug-likeness (QED) is 0.420. The molecule has 0 aliphatic carbocycles. The van der Waals surface area contributed by atoms with Crippen molar-refractivity contribution in [2.24, 2.45) is 4.99 Å². The van der Waals surface area contributed by atoms with Crippen molar-refractivity contribution in [3.8, 4) is 5.75 Å². The molecule has 25 heavy (non-hydrogen) atoms.